The van der Waals surface area contributed by atoms with Gasteiger partial charge in [0.25, 0.3) is 0 Å². The first-order valence-corrected chi connectivity index (χ1v) is 6.65. The minimum absolute atomic E-state index is 0.145. The summed E-state index contributed by atoms with van der Waals surface area (Å²) in [4.78, 5) is 12.2. The number of rotatable bonds is 6. The molecule has 94 valence electrons. The molecule has 0 N–H and O–H groups in total. The van der Waals surface area contributed by atoms with Crippen molar-refractivity contribution in [2.45, 2.75) is 47.0 Å². The molecule has 0 bridgehead atoms. The van der Waals surface area contributed by atoms with Gasteiger partial charge in [-0.1, -0.05) is 63.4 Å². The molecule has 0 saturated heterocycles. The summed E-state index contributed by atoms with van der Waals surface area (Å²) in [7, 11) is 0. The zero-order valence-electron chi connectivity index (χ0n) is 11.5. The molecule has 17 heavy (non-hydrogen) atoms. The highest BCUT2D eigenvalue weighted by atomic mass is 16.1. The van der Waals surface area contributed by atoms with Crippen LogP contribution >= 0.6 is 0 Å². The fourth-order valence-electron chi connectivity index (χ4n) is 1.87. The zero-order valence-corrected chi connectivity index (χ0v) is 11.5. The van der Waals surface area contributed by atoms with Gasteiger partial charge in [-0.2, -0.15) is 0 Å². The van der Waals surface area contributed by atoms with E-state index in [0.717, 1.165) is 24.3 Å². The molecular weight excluding hydrogens is 208 g/mol. The maximum Gasteiger partial charge on any atom is 0.165 e. The van der Waals surface area contributed by atoms with Gasteiger partial charge in [0.15, 0.2) is 5.78 Å². The van der Waals surface area contributed by atoms with E-state index in [0.29, 0.717) is 0 Å². The first kappa shape index (κ1) is 14.0. The summed E-state index contributed by atoms with van der Waals surface area (Å²) in [5.41, 5.74) is 2.06. The molecule has 0 aliphatic rings. The Bertz CT molecular complexity index is 350. The molecule has 0 amide bonds. The third-order valence-electron chi connectivity index (χ3n) is 3.57. The van der Waals surface area contributed by atoms with Gasteiger partial charge in [-0.3, -0.25) is 4.79 Å². The van der Waals surface area contributed by atoms with Gasteiger partial charge in [0.2, 0.25) is 0 Å². The lowest BCUT2D eigenvalue weighted by Crippen LogP contribution is -2.12. The molecule has 2 unspecified atom stereocenters. The summed E-state index contributed by atoms with van der Waals surface area (Å²) < 4.78 is 0. The van der Waals surface area contributed by atoms with Crippen LogP contribution < -0.4 is 0 Å². The first-order chi connectivity index (χ1) is 8.04. The standard InChI is InChI=1S/C16H24O/c1-5-12(2)6-9-14(4)16(17)15-10-7-13(3)8-11-15/h7-8,10-12,14H,5-6,9H2,1-4H3. The van der Waals surface area contributed by atoms with E-state index >= 15 is 0 Å². The first-order valence-electron chi connectivity index (χ1n) is 6.65. The van der Waals surface area contributed by atoms with Crippen LogP contribution in [0.5, 0.6) is 0 Å². The van der Waals surface area contributed by atoms with Gasteiger partial charge in [0.1, 0.15) is 0 Å². The molecule has 0 fully saturated rings. The van der Waals surface area contributed by atoms with Crippen molar-refractivity contribution in [2.24, 2.45) is 11.8 Å². The Balaban J connectivity index is 2.54. The van der Waals surface area contributed by atoms with Crippen molar-refractivity contribution in [3.05, 3.63) is 35.4 Å². The maximum atomic E-state index is 12.2. The van der Waals surface area contributed by atoms with Crippen LogP contribution in [0.25, 0.3) is 0 Å². The Morgan fingerprint density at radius 2 is 1.71 bits per heavy atom. The van der Waals surface area contributed by atoms with E-state index in [1.54, 1.807) is 0 Å². The number of carbonyl (C=O) groups excluding carboxylic acids is 1. The van der Waals surface area contributed by atoms with Crippen LogP contribution in [0.4, 0.5) is 0 Å². The van der Waals surface area contributed by atoms with Crippen LogP contribution in [0.15, 0.2) is 24.3 Å². The molecule has 1 nitrogen and oxygen atoms in total. The van der Waals surface area contributed by atoms with E-state index in [9.17, 15) is 4.79 Å². The molecule has 1 aromatic rings. The SMILES string of the molecule is CCC(C)CCC(C)C(=O)c1ccc(C)cc1. The Morgan fingerprint density at radius 1 is 1.12 bits per heavy atom. The van der Waals surface area contributed by atoms with Gasteiger partial charge in [-0.25, -0.2) is 0 Å². The largest absolute Gasteiger partial charge is 0.294 e. The van der Waals surface area contributed by atoms with Crippen molar-refractivity contribution < 1.29 is 4.79 Å². The monoisotopic (exact) mass is 232 g/mol. The molecule has 0 heterocycles. The normalized spacial score (nSPS) is 14.4. The second-order valence-electron chi connectivity index (χ2n) is 5.22. The van der Waals surface area contributed by atoms with Crippen LogP contribution in [0.1, 0.15) is 56.0 Å². The second kappa shape index (κ2) is 6.58. The van der Waals surface area contributed by atoms with Crippen LogP contribution in [-0.4, -0.2) is 5.78 Å². The maximum absolute atomic E-state index is 12.2. The summed E-state index contributed by atoms with van der Waals surface area (Å²) in [5, 5.41) is 0. The van der Waals surface area contributed by atoms with Crippen LogP contribution in [0.2, 0.25) is 0 Å². The molecule has 1 rings (SSSR count). The molecule has 1 aromatic carbocycles. The van der Waals surface area contributed by atoms with E-state index in [1.165, 1.54) is 12.0 Å². The molecule has 0 aliphatic heterocycles. The molecule has 2 atom stereocenters. The fourth-order valence-corrected chi connectivity index (χ4v) is 1.87. The van der Waals surface area contributed by atoms with Crippen molar-refractivity contribution in [3.8, 4) is 0 Å². The number of carbonyl (C=O) groups is 1. The van der Waals surface area contributed by atoms with Gasteiger partial charge >= 0.3 is 0 Å². The third kappa shape index (κ3) is 4.33. The minimum atomic E-state index is 0.145. The van der Waals surface area contributed by atoms with Gasteiger partial charge < -0.3 is 0 Å². The average Bonchev–Trinajstić information content (AvgIpc) is 2.35. The van der Waals surface area contributed by atoms with Crippen molar-refractivity contribution in [1.29, 1.82) is 0 Å². The van der Waals surface area contributed by atoms with Crippen molar-refractivity contribution >= 4 is 5.78 Å². The lowest BCUT2D eigenvalue weighted by atomic mass is 9.91. The highest BCUT2D eigenvalue weighted by molar-refractivity contribution is 5.97. The van der Waals surface area contributed by atoms with Crippen molar-refractivity contribution in [3.63, 3.8) is 0 Å². The summed E-state index contributed by atoms with van der Waals surface area (Å²) in [6, 6.07) is 7.90. The van der Waals surface area contributed by atoms with E-state index in [-0.39, 0.29) is 11.7 Å². The Morgan fingerprint density at radius 3 is 2.24 bits per heavy atom. The molecule has 1 heteroatoms. The predicted molar refractivity (Wildman–Crippen MR) is 73.4 cm³/mol. The molecule has 0 aliphatic carbocycles. The molecule has 0 spiro atoms. The number of hydrogen-bond acceptors (Lipinski definition) is 1. The number of hydrogen-bond donors (Lipinski definition) is 0. The van der Waals surface area contributed by atoms with E-state index in [4.69, 9.17) is 0 Å². The number of aryl methyl sites for hydroxylation is 1. The predicted octanol–water partition coefficient (Wildman–Crippen LogP) is 4.64. The van der Waals surface area contributed by atoms with Gasteiger partial charge in [-0.05, 0) is 19.3 Å². The highest BCUT2D eigenvalue weighted by Gasteiger charge is 2.15. The molecule has 0 aromatic heterocycles. The highest BCUT2D eigenvalue weighted by Crippen LogP contribution is 2.18. The number of benzene rings is 1. The molecular formula is C16H24O. The smallest absolute Gasteiger partial charge is 0.165 e. The zero-order chi connectivity index (χ0) is 12.8. The van der Waals surface area contributed by atoms with E-state index in [1.807, 2.05) is 38.1 Å². The van der Waals surface area contributed by atoms with Crippen LogP contribution in [0.3, 0.4) is 0 Å². The van der Waals surface area contributed by atoms with Gasteiger partial charge in [-0.15, -0.1) is 0 Å². The van der Waals surface area contributed by atoms with E-state index in [2.05, 4.69) is 13.8 Å². The lowest BCUT2D eigenvalue weighted by Gasteiger charge is -2.13. The third-order valence-corrected chi connectivity index (χ3v) is 3.57. The summed E-state index contributed by atoms with van der Waals surface area (Å²) in [5.74, 6) is 1.16. The Labute approximate surface area is 105 Å². The second-order valence-corrected chi connectivity index (χ2v) is 5.22. The van der Waals surface area contributed by atoms with Crippen LogP contribution in [0, 0.1) is 18.8 Å². The average molecular weight is 232 g/mol. The minimum Gasteiger partial charge on any atom is -0.294 e. The Kier molecular flexibility index (Phi) is 5.40. The summed E-state index contributed by atoms with van der Waals surface area (Å²) in [6.07, 6.45) is 3.35. The van der Waals surface area contributed by atoms with E-state index < -0.39 is 0 Å². The summed E-state index contributed by atoms with van der Waals surface area (Å²) >= 11 is 0. The van der Waals surface area contributed by atoms with Gasteiger partial charge in [0.05, 0.1) is 0 Å². The number of Topliss-reactive ketones (excluding diaryl/α,β-unsaturated/α-hetero) is 1. The van der Waals surface area contributed by atoms with Crippen molar-refractivity contribution in [2.75, 3.05) is 0 Å². The Hall–Kier alpha value is -1.11. The summed E-state index contributed by atoms with van der Waals surface area (Å²) in [6.45, 7) is 8.55. The van der Waals surface area contributed by atoms with Gasteiger partial charge in [0, 0.05) is 11.5 Å². The molecule has 0 saturated carbocycles. The molecule has 0 radical (unpaired) electrons. The lowest BCUT2D eigenvalue weighted by molar-refractivity contribution is 0.0920. The quantitative estimate of drug-likeness (QED) is 0.653. The van der Waals surface area contributed by atoms with Crippen molar-refractivity contribution in [1.82, 2.24) is 0 Å². The van der Waals surface area contributed by atoms with Crippen LogP contribution in [-0.2, 0) is 0 Å². The number of ketones is 1. The fraction of sp³-hybridized carbons (Fsp3) is 0.562. The topological polar surface area (TPSA) is 17.1 Å².